The Morgan fingerprint density at radius 3 is 2.79 bits per heavy atom. The third-order valence-electron chi connectivity index (χ3n) is 5.19. The summed E-state index contributed by atoms with van der Waals surface area (Å²) < 4.78 is 14.6. The molecule has 0 saturated carbocycles. The molecule has 9 nitrogen and oxygen atoms in total. The van der Waals surface area contributed by atoms with Crippen LogP contribution >= 0.6 is 0 Å². The zero-order valence-electron chi connectivity index (χ0n) is 16.6. The number of anilines is 1. The van der Waals surface area contributed by atoms with Crippen LogP contribution in [0.1, 0.15) is 23.2 Å². The van der Waals surface area contributed by atoms with Crippen LogP contribution in [-0.2, 0) is 23.6 Å². The van der Waals surface area contributed by atoms with Crippen molar-refractivity contribution < 1.29 is 19.1 Å². The van der Waals surface area contributed by atoms with Crippen LogP contribution in [0.15, 0.2) is 24.4 Å². The van der Waals surface area contributed by atoms with Crippen LogP contribution in [0, 0.1) is 0 Å². The minimum absolute atomic E-state index is 0.145. The number of ether oxygens (including phenoxy) is 2. The number of hydrogen-bond acceptors (Lipinski definition) is 5. The average Bonchev–Trinajstić information content (AvgIpc) is 3.39. The summed E-state index contributed by atoms with van der Waals surface area (Å²) in [5, 5.41) is 2.89. The number of benzene rings is 1. The predicted octanol–water partition coefficient (Wildman–Crippen LogP) is 1.80. The molecule has 29 heavy (non-hydrogen) atoms. The lowest BCUT2D eigenvalue weighted by atomic mass is 10.2. The Balaban J connectivity index is 1.73. The lowest BCUT2D eigenvalue weighted by molar-refractivity contribution is -0.124. The van der Waals surface area contributed by atoms with Crippen molar-refractivity contribution in [2.24, 2.45) is 19.8 Å². The standard InChI is InChI=1S/C20H23N5O4/c1-24-10-12(18(21)26)17(28-3)16(24)19-23-13-9-11(6-7-14(13)25(19)2)22-20(27)15-5-4-8-29-15/h6-7,9-10,15H,4-5,8H2,1-3H3,(H2,21,26)(H,22,27). The molecule has 1 unspecified atom stereocenters. The molecule has 1 aliphatic rings. The molecular formula is C20H23N5O4. The summed E-state index contributed by atoms with van der Waals surface area (Å²) in [6.07, 6.45) is 2.86. The van der Waals surface area contributed by atoms with E-state index in [2.05, 4.69) is 5.32 Å². The van der Waals surface area contributed by atoms with Gasteiger partial charge in [-0.05, 0) is 31.0 Å². The number of amides is 2. The van der Waals surface area contributed by atoms with Gasteiger partial charge in [0.2, 0.25) is 0 Å². The number of carbonyl (C=O) groups is 2. The summed E-state index contributed by atoms with van der Waals surface area (Å²) in [7, 11) is 5.18. The topological polar surface area (TPSA) is 113 Å². The zero-order valence-corrected chi connectivity index (χ0v) is 16.6. The van der Waals surface area contributed by atoms with E-state index in [1.54, 1.807) is 17.8 Å². The second-order valence-corrected chi connectivity index (χ2v) is 7.09. The van der Waals surface area contributed by atoms with E-state index in [4.69, 9.17) is 20.2 Å². The molecular weight excluding hydrogens is 374 g/mol. The van der Waals surface area contributed by atoms with E-state index in [1.165, 1.54) is 7.11 Å². The van der Waals surface area contributed by atoms with Crippen LogP contribution in [0.3, 0.4) is 0 Å². The predicted molar refractivity (Wildman–Crippen MR) is 108 cm³/mol. The van der Waals surface area contributed by atoms with Gasteiger partial charge in [-0.2, -0.15) is 0 Å². The van der Waals surface area contributed by atoms with Crippen molar-refractivity contribution in [2.75, 3.05) is 19.0 Å². The number of primary amides is 1. The van der Waals surface area contributed by atoms with Crippen molar-refractivity contribution in [1.82, 2.24) is 14.1 Å². The van der Waals surface area contributed by atoms with Gasteiger partial charge >= 0.3 is 0 Å². The second kappa shape index (κ2) is 7.25. The van der Waals surface area contributed by atoms with Crippen LogP contribution in [-0.4, -0.2) is 45.8 Å². The highest BCUT2D eigenvalue weighted by Gasteiger charge is 2.25. The minimum atomic E-state index is -0.568. The first-order chi connectivity index (χ1) is 13.9. The first kappa shape index (κ1) is 19.0. The summed E-state index contributed by atoms with van der Waals surface area (Å²) in [5.74, 6) is 0.287. The van der Waals surface area contributed by atoms with E-state index in [-0.39, 0.29) is 5.91 Å². The summed E-state index contributed by atoms with van der Waals surface area (Å²) >= 11 is 0. The average molecular weight is 397 g/mol. The third-order valence-corrected chi connectivity index (χ3v) is 5.19. The molecule has 1 fully saturated rings. The maximum absolute atomic E-state index is 12.3. The third kappa shape index (κ3) is 3.23. The molecule has 0 spiro atoms. The SMILES string of the molecule is COc1c(C(N)=O)cn(C)c1-c1nc2cc(NC(=O)C3CCCO3)ccc2n1C. The molecule has 0 radical (unpaired) electrons. The Morgan fingerprint density at radius 1 is 1.34 bits per heavy atom. The lowest BCUT2D eigenvalue weighted by Gasteiger charge is -2.10. The molecule has 3 aromatic rings. The van der Waals surface area contributed by atoms with Gasteiger partial charge in [0.25, 0.3) is 11.8 Å². The van der Waals surface area contributed by atoms with Crippen LogP contribution in [0.25, 0.3) is 22.6 Å². The Hall–Kier alpha value is -3.33. The van der Waals surface area contributed by atoms with Crippen molar-refractivity contribution in [3.05, 3.63) is 30.0 Å². The van der Waals surface area contributed by atoms with Gasteiger partial charge in [0.05, 0.1) is 23.7 Å². The number of aromatic nitrogens is 3. The number of imidazole rings is 1. The highest BCUT2D eigenvalue weighted by Crippen LogP contribution is 2.35. The maximum Gasteiger partial charge on any atom is 0.254 e. The molecule has 3 N–H and O–H groups in total. The molecule has 0 aliphatic carbocycles. The number of nitrogens with two attached hydrogens (primary N) is 1. The molecule has 1 aromatic carbocycles. The van der Waals surface area contributed by atoms with E-state index < -0.39 is 12.0 Å². The second-order valence-electron chi connectivity index (χ2n) is 7.09. The summed E-state index contributed by atoms with van der Waals surface area (Å²) in [6, 6.07) is 5.54. The molecule has 2 aromatic heterocycles. The molecule has 0 bridgehead atoms. The number of nitrogens with zero attached hydrogens (tertiary/aromatic N) is 3. The molecule has 1 atom stereocenters. The minimum Gasteiger partial charge on any atom is -0.494 e. The molecule has 9 heteroatoms. The lowest BCUT2D eigenvalue weighted by Crippen LogP contribution is -2.26. The summed E-state index contributed by atoms with van der Waals surface area (Å²) in [4.78, 5) is 28.8. The van der Waals surface area contributed by atoms with E-state index in [0.717, 1.165) is 18.4 Å². The van der Waals surface area contributed by atoms with Crippen LogP contribution in [0.4, 0.5) is 5.69 Å². The number of rotatable bonds is 5. The van der Waals surface area contributed by atoms with Gasteiger partial charge in [0.15, 0.2) is 11.6 Å². The van der Waals surface area contributed by atoms with Crippen molar-refractivity contribution >= 4 is 28.5 Å². The first-order valence-electron chi connectivity index (χ1n) is 9.33. The van der Waals surface area contributed by atoms with Crippen LogP contribution in [0.2, 0.25) is 0 Å². The van der Waals surface area contributed by atoms with E-state index in [9.17, 15) is 9.59 Å². The number of hydrogen-bond donors (Lipinski definition) is 2. The van der Waals surface area contributed by atoms with Crippen molar-refractivity contribution in [1.29, 1.82) is 0 Å². The van der Waals surface area contributed by atoms with Gasteiger partial charge in [0, 0.05) is 32.6 Å². The molecule has 1 aliphatic heterocycles. The van der Waals surface area contributed by atoms with E-state index in [0.29, 0.717) is 40.6 Å². The number of nitrogens with one attached hydrogen (secondary N) is 1. The highest BCUT2D eigenvalue weighted by molar-refractivity contribution is 5.99. The first-order valence-corrected chi connectivity index (χ1v) is 9.33. The van der Waals surface area contributed by atoms with Gasteiger partial charge < -0.3 is 29.7 Å². The maximum atomic E-state index is 12.3. The van der Waals surface area contributed by atoms with Crippen LogP contribution < -0.4 is 15.8 Å². The monoisotopic (exact) mass is 397 g/mol. The Kier molecular flexibility index (Phi) is 4.75. The Labute approximate surface area is 167 Å². The van der Waals surface area contributed by atoms with Gasteiger partial charge in [-0.3, -0.25) is 9.59 Å². The van der Waals surface area contributed by atoms with Gasteiger partial charge in [0.1, 0.15) is 11.8 Å². The fourth-order valence-electron chi connectivity index (χ4n) is 3.74. The van der Waals surface area contributed by atoms with E-state index in [1.807, 2.05) is 29.8 Å². The van der Waals surface area contributed by atoms with Crippen molar-refractivity contribution in [3.63, 3.8) is 0 Å². The number of aryl methyl sites for hydroxylation is 2. The van der Waals surface area contributed by atoms with Gasteiger partial charge in [-0.15, -0.1) is 0 Å². The number of carbonyl (C=O) groups excluding carboxylic acids is 2. The zero-order chi connectivity index (χ0) is 20.7. The largest absolute Gasteiger partial charge is 0.494 e. The summed E-state index contributed by atoms with van der Waals surface area (Å²) in [6.45, 7) is 0.618. The van der Waals surface area contributed by atoms with E-state index >= 15 is 0 Å². The normalized spacial score (nSPS) is 16.3. The molecule has 4 rings (SSSR count). The van der Waals surface area contributed by atoms with Crippen molar-refractivity contribution in [2.45, 2.75) is 18.9 Å². The molecule has 2 amide bonds. The number of fused-ring (bicyclic) bond motifs is 1. The fraction of sp³-hybridized carbons (Fsp3) is 0.350. The molecule has 152 valence electrons. The quantitative estimate of drug-likeness (QED) is 0.682. The van der Waals surface area contributed by atoms with Crippen LogP contribution in [0.5, 0.6) is 5.75 Å². The Bertz CT molecular complexity index is 1110. The smallest absolute Gasteiger partial charge is 0.254 e. The summed E-state index contributed by atoms with van der Waals surface area (Å²) in [5.41, 5.74) is 8.64. The fourth-order valence-corrected chi connectivity index (χ4v) is 3.74. The molecule has 3 heterocycles. The van der Waals surface area contributed by atoms with Crippen molar-refractivity contribution in [3.8, 4) is 17.3 Å². The van der Waals surface area contributed by atoms with Gasteiger partial charge in [-0.25, -0.2) is 4.98 Å². The highest BCUT2D eigenvalue weighted by atomic mass is 16.5. The molecule has 1 saturated heterocycles. The van der Waals surface area contributed by atoms with Gasteiger partial charge in [-0.1, -0.05) is 0 Å². The Morgan fingerprint density at radius 2 is 2.14 bits per heavy atom. The number of methoxy groups -OCH3 is 1.